The maximum Gasteiger partial charge on any atom is 0.251 e. The van der Waals surface area contributed by atoms with E-state index in [1.54, 1.807) is 19.2 Å². The zero-order chi connectivity index (χ0) is 18.2. The van der Waals surface area contributed by atoms with Gasteiger partial charge in [-0.25, -0.2) is 4.98 Å². The van der Waals surface area contributed by atoms with E-state index in [0.29, 0.717) is 36.4 Å². The molecule has 2 aromatic heterocycles. The molecule has 0 unspecified atom stereocenters. The zero-order valence-corrected chi connectivity index (χ0v) is 14.2. The fourth-order valence-electron chi connectivity index (χ4n) is 2.15. The predicted octanol–water partition coefficient (Wildman–Crippen LogP) is 2.09. The highest BCUT2D eigenvalue weighted by atomic mass is 16.5. The van der Waals surface area contributed by atoms with E-state index < -0.39 is 0 Å². The smallest absolute Gasteiger partial charge is 0.251 e. The number of carbonyl (C=O) groups excluding carboxylic acids is 1. The average molecular weight is 354 g/mol. The van der Waals surface area contributed by atoms with Gasteiger partial charge in [0.05, 0.1) is 13.2 Å². The third-order valence-electron chi connectivity index (χ3n) is 3.43. The van der Waals surface area contributed by atoms with Crippen LogP contribution in [0.2, 0.25) is 0 Å². The molecular weight excluding hydrogens is 336 g/mol. The third-order valence-corrected chi connectivity index (χ3v) is 3.43. The highest BCUT2D eigenvalue weighted by Crippen LogP contribution is 2.15. The molecule has 1 N–H and O–H groups in total. The molecule has 26 heavy (non-hydrogen) atoms. The van der Waals surface area contributed by atoms with Gasteiger partial charge in [0.25, 0.3) is 5.91 Å². The van der Waals surface area contributed by atoms with Gasteiger partial charge >= 0.3 is 0 Å². The first-order chi connectivity index (χ1) is 12.8. The lowest BCUT2D eigenvalue weighted by Gasteiger charge is -2.06. The summed E-state index contributed by atoms with van der Waals surface area (Å²) < 4.78 is 15.5. The van der Waals surface area contributed by atoms with E-state index in [-0.39, 0.29) is 12.5 Å². The fourth-order valence-corrected chi connectivity index (χ4v) is 2.15. The first kappa shape index (κ1) is 17.6. The number of methoxy groups -OCH3 is 1. The molecule has 1 amide bonds. The molecule has 2 heterocycles. The van der Waals surface area contributed by atoms with Crippen molar-refractivity contribution in [1.29, 1.82) is 0 Å². The lowest BCUT2D eigenvalue weighted by atomic mass is 10.2. The Morgan fingerprint density at radius 2 is 2.04 bits per heavy atom. The number of pyridine rings is 1. The van der Waals surface area contributed by atoms with Crippen LogP contribution in [0.3, 0.4) is 0 Å². The Labute approximate surface area is 150 Å². The Kier molecular flexibility index (Phi) is 5.89. The van der Waals surface area contributed by atoms with Crippen LogP contribution in [-0.2, 0) is 11.3 Å². The van der Waals surface area contributed by atoms with Crippen LogP contribution < -0.4 is 10.1 Å². The van der Waals surface area contributed by atoms with Gasteiger partial charge in [-0.2, -0.15) is 4.98 Å². The number of hydrogen-bond acceptors (Lipinski definition) is 7. The summed E-state index contributed by atoms with van der Waals surface area (Å²) in [6, 6.07) is 12.6. The minimum Gasteiger partial charge on any atom is -0.475 e. The minimum atomic E-state index is -0.288. The van der Waals surface area contributed by atoms with Crippen molar-refractivity contribution in [2.45, 2.75) is 6.54 Å². The number of benzene rings is 1. The topological polar surface area (TPSA) is 99.4 Å². The summed E-state index contributed by atoms with van der Waals surface area (Å²) in [4.78, 5) is 20.6. The molecule has 8 heteroatoms. The number of carbonyl (C=O) groups is 1. The molecule has 134 valence electrons. The summed E-state index contributed by atoms with van der Waals surface area (Å²) >= 11 is 0. The van der Waals surface area contributed by atoms with Crippen LogP contribution in [0.5, 0.6) is 5.88 Å². The number of ether oxygens (including phenoxy) is 2. The molecule has 0 saturated carbocycles. The molecule has 0 atom stereocenters. The SMILES string of the molecule is COCCOc1cc(C(=O)NCc2nc(-c3ccccc3)no2)ccn1. The van der Waals surface area contributed by atoms with Crippen molar-refractivity contribution in [2.24, 2.45) is 0 Å². The summed E-state index contributed by atoms with van der Waals surface area (Å²) in [7, 11) is 1.58. The normalized spacial score (nSPS) is 10.5. The van der Waals surface area contributed by atoms with Gasteiger partial charge in [-0.3, -0.25) is 4.79 Å². The number of nitrogens with one attached hydrogen (secondary N) is 1. The Bertz CT molecular complexity index is 851. The van der Waals surface area contributed by atoms with Gasteiger partial charge in [0.2, 0.25) is 17.6 Å². The second-order valence-corrected chi connectivity index (χ2v) is 5.28. The van der Waals surface area contributed by atoms with E-state index in [4.69, 9.17) is 14.0 Å². The minimum absolute atomic E-state index is 0.126. The Morgan fingerprint density at radius 1 is 1.19 bits per heavy atom. The van der Waals surface area contributed by atoms with Crippen LogP contribution in [0.1, 0.15) is 16.2 Å². The van der Waals surface area contributed by atoms with Crippen molar-refractivity contribution in [1.82, 2.24) is 20.4 Å². The van der Waals surface area contributed by atoms with Crippen LogP contribution in [0.15, 0.2) is 53.2 Å². The van der Waals surface area contributed by atoms with Crippen LogP contribution in [-0.4, -0.2) is 41.4 Å². The largest absolute Gasteiger partial charge is 0.475 e. The quantitative estimate of drug-likeness (QED) is 0.618. The van der Waals surface area contributed by atoms with Crippen molar-refractivity contribution in [2.75, 3.05) is 20.3 Å². The molecule has 3 aromatic rings. The molecule has 1 aromatic carbocycles. The van der Waals surface area contributed by atoms with Gasteiger partial charge in [-0.1, -0.05) is 35.5 Å². The second-order valence-electron chi connectivity index (χ2n) is 5.28. The summed E-state index contributed by atoms with van der Waals surface area (Å²) in [6.45, 7) is 0.929. The first-order valence-electron chi connectivity index (χ1n) is 8.00. The molecule has 0 aliphatic heterocycles. The highest BCUT2D eigenvalue weighted by molar-refractivity contribution is 5.94. The van der Waals surface area contributed by atoms with E-state index in [9.17, 15) is 4.79 Å². The average Bonchev–Trinajstić information content (AvgIpc) is 3.16. The van der Waals surface area contributed by atoms with Gasteiger partial charge in [0.1, 0.15) is 6.61 Å². The van der Waals surface area contributed by atoms with Crippen molar-refractivity contribution in [3.8, 4) is 17.3 Å². The van der Waals surface area contributed by atoms with Gasteiger partial charge in [0, 0.05) is 30.5 Å². The first-order valence-corrected chi connectivity index (χ1v) is 8.00. The van der Waals surface area contributed by atoms with E-state index in [1.807, 2.05) is 30.3 Å². The van der Waals surface area contributed by atoms with Gasteiger partial charge in [-0.15, -0.1) is 0 Å². The predicted molar refractivity (Wildman–Crippen MR) is 92.5 cm³/mol. The van der Waals surface area contributed by atoms with E-state index in [0.717, 1.165) is 5.56 Å². The standard InChI is InChI=1S/C18H18N4O4/c1-24-9-10-25-15-11-14(7-8-19-15)18(23)20-12-16-21-17(22-26-16)13-5-3-2-4-6-13/h2-8,11H,9-10,12H2,1H3,(H,20,23). The van der Waals surface area contributed by atoms with E-state index in [2.05, 4.69) is 20.4 Å². The second kappa shape index (κ2) is 8.72. The third kappa shape index (κ3) is 4.64. The lowest BCUT2D eigenvalue weighted by Crippen LogP contribution is -2.23. The number of nitrogens with zero attached hydrogens (tertiary/aromatic N) is 3. The Morgan fingerprint density at radius 3 is 2.85 bits per heavy atom. The molecule has 0 spiro atoms. The number of rotatable bonds is 8. The molecular formula is C18H18N4O4. The summed E-state index contributed by atoms with van der Waals surface area (Å²) in [5.74, 6) is 0.873. The molecule has 0 saturated heterocycles. The Balaban J connectivity index is 1.57. The summed E-state index contributed by atoms with van der Waals surface area (Å²) in [5.41, 5.74) is 1.27. The monoisotopic (exact) mass is 354 g/mol. The molecule has 0 fully saturated rings. The Hall–Kier alpha value is -3.26. The maximum absolute atomic E-state index is 12.3. The van der Waals surface area contributed by atoms with Gasteiger partial charge < -0.3 is 19.3 Å². The molecule has 3 rings (SSSR count). The molecule has 0 radical (unpaired) electrons. The number of hydrogen-bond donors (Lipinski definition) is 1. The number of aromatic nitrogens is 3. The van der Waals surface area contributed by atoms with Crippen molar-refractivity contribution in [3.63, 3.8) is 0 Å². The summed E-state index contributed by atoms with van der Waals surface area (Å²) in [6.07, 6.45) is 1.51. The lowest BCUT2D eigenvalue weighted by molar-refractivity contribution is 0.0945. The molecule has 0 bridgehead atoms. The summed E-state index contributed by atoms with van der Waals surface area (Å²) in [5, 5.41) is 6.65. The van der Waals surface area contributed by atoms with Crippen LogP contribution in [0, 0.1) is 0 Å². The molecule has 0 aliphatic rings. The van der Waals surface area contributed by atoms with Crippen LogP contribution in [0.4, 0.5) is 0 Å². The van der Waals surface area contributed by atoms with Crippen LogP contribution >= 0.6 is 0 Å². The fraction of sp³-hybridized carbons (Fsp3) is 0.222. The molecule has 8 nitrogen and oxygen atoms in total. The highest BCUT2D eigenvalue weighted by Gasteiger charge is 2.11. The van der Waals surface area contributed by atoms with Gasteiger partial charge in [-0.05, 0) is 6.07 Å². The van der Waals surface area contributed by atoms with Crippen LogP contribution in [0.25, 0.3) is 11.4 Å². The van der Waals surface area contributed by atoms with Crippen molar-refractivity contribution < 1.29 is 18.8 Å². The van der Waals surface area contributed by atoms with E-state index >= 15 is 0 Å². The molecule has 0 aliphatic carbocycles. The van der Waals surface area contributed by atoms with Gasteiger partial charge in [0.15, 0.2) is 0 Å². The number of amides is 1. The van der Waals surface area contributed by atoms with E-state index in [1.165, 1.54) is 6.20 Å². The maximum atomic E-state index is 12.3. The zero-order valence-electron chi connectivity index (χ0n) is 14.2. The van der Waals surface area contributed by atoms with Crippen molar-refractivity contribution >= 4 is 5.91 Å². The van der Waals surface area contributed by atoms with Crippen molar-refractivity contribution in [3.05, 3.63) is 60.1 Å².